The Hall–Kier alpha value is -1.27. The van der Waals surface area contributed by atoms with Crippen LogP contribution < -0.4 is 0 Å². The number of ether oxygens (including phenoxy) is 2. The van der Waals surface area contributed by atoms with Crippen molar-refractivity contribution < 1.29 is 9.47 Å². The summed E-state index contributed by atoms with van der Waals surface area (Å²) in [5.41, 5.74) is 1.23. The smallest absolute Gasteiger partial charge is 0.0840 e. The number of hydrogen-bond donors (Lipinski definition) is 0. The van der Waals surface area contributed by atoms with E-state index in [1.165, 1.54) is 10.4 Å². The van der Waals surface area contributed by atoms with E-state index in [9.17, 15) is 0 Å². The van der Waals surface area contributed by atoms with Crippen LogP contribution in [0.2, 0.25) is 0 Å². The normalized spacial score (nSPS) is 23.8. The van der Waals surface area contributed by atoms with Crippen molar-refractivity contribution in [2.24, 2.45) is 0 Å². The van der Waals surface area contributed by atoms with Crippen LogP contribution in [0.4, 0.5) is 0 Å². The highest BCUT2D eigenvalue weighted by Crippen LogP contribution is 2.37. The van der Waals surface area contributed by atoms with Gasteiger partial charge in [-0.25, -0.2) is 0 Å². The van der Waals surface area contributed by atoms with Gasteiger partial charge in [-0.05, 0) is 42.0 Å². The predicted octanol–water partition coefficient (Wildman–Crippen LogP) is 3.48. The zero-order valence-corrected chi connectivity index (χ0v) is 14.7. The minimum Gasteiger partial charge on any atom is -0.372 e. The lowest BCUT2D eigenvalue weighted by atomic mass is 9.88. The number of piperidine rings is 1. The van der Waals surface area contributed by atoms with E-state index in [-0.39, 0.29) is 11.7 Å². The summed E-state index contributed by atoms with van der Waals surface area (Å²) < 4.78 is 12.3. The largest absolute Gasteiger partial charge is 0.372 e. The van der Waals surface area contributed by atoms with E-state index >= 15 is 0 Å². The minimum absolute atomic E-state index is 0.0505. The molecule has 0 bridgehead atoms. The number of nitrogens with zero attached hydrogens (tertiary/aromatic N) is 2. The second-order valence-corrected chi connectivity index (χ2v) is 7.87. The highest BCUT2D eigenvalue weighted by atomic mass is 32.1. The average Bonchev–Trinajstić information content (AvgIpc) is 3.27. The molecule has 0 aromatic carbocycles. The molecule has 5 heteroatoms. The Labute approximate surface area is 147 Å². The number of rotatable bonds is 5. The van der Waals surface area contributed by atoms with Gasteiger partial charge in [0.05, 0.1) is 24.9 Å². The summed E-state index contributed by atoms with van der Waals surface area (Å²) in [5.74, 6) is 0. The Bertz CT molecular complexity index is 624. The first-order valence-corrected chi connectivity index (χ1v) is 9.59. The molecular formula is C19H24N2O2S. The van der Waals surface area contributed by atoms with Gasteiger partial charge in [0.25, 0.3) is 0 Å². The Balaban J connectivity index is 1.24. The van der Waals surface area contributed by atoms with Crippen LogP contribution in [-0.2, 0) is 22.6 Å². The van der Waals surface area contributed by atoms with Gasteiger partial charge in [0, 0.05) is 43.3 Å². The zero-order valence-electron chi connectivity index (χ0n) is 13.9. The maximum absolute atomic E-state index is 6.20. The van der Waals surface area contributed by atoms with Crippen molar-refractivity contribution in [1.29, 1.82) is 0 Å². The molecule has 4 rings (SSSR count). The number of aromatic nitrogens is 1. The maximum atomic E-state index is 6.20. The fourth-order valence-corrected chi connectivity index (χ4v) is 4.44. The van der Waals surface area contributed by atoms with Crippen molar-refractivity contribution >= 4 is 11.3 Å². The number of likely N-dealkylation sites (tertiary alicyclic amines) is 1. The predicted molar refractivity (Wildman–Crippen MR) is 94.9 cm³/mol. The first-order chi connectivity index (χ1) is 11.8. The molecule has 2 saturated heterocycles. The van der Waals surface area contributed by atoms with Crippen LogP contribution in [0.3, 0.4) is 0 Å². The number of pyridine rings is 1. The standard InChI is InChI=1S/C19H24N2O2S/c1-2-18(24-11-1)13-21-9-5-19(6-10-21)12-17(15-23-19)22-14-16-3-7-20-8-4-16/h1-4,7-8,11,17H,5-6,9-10,12-15H2/t17-/m0/s1. The lowest BCUT2D eigenvalue weighted by molar-refractivity contribution is -0.0467. The van der Waals surface area contributed by atoms with Gasteiger partial charge in [-0.2, -0.15) is 0 Å². The first kappa shape index (κ1) is 16.2. The van der Waals surface area contributed by atoms with E-state index in [2.05, 4.69) is 27.4 Å². The molecule has 0 aliphatic carbocycles. The number of thiophene rings is 1. The molecule has 0 radical (unpaired) electrons. The lowest BCUT2D eigenvalue weighted by Crippen LogP contribution is -2.43. The van der Waals surface area contributed by atoms with Crippen molar-refractivity contribution in [2.75, 3.05) is 19.7 Å². The maximum Gasteiger partial charge on any atom is 0.0840 e. The molecule has 2 aromatic heterocycles. The molecule has 2 fully saturated rings. The third-order valence-electron chi connectivity index (χ3n) is 5.14. The monoisotopic (exact) mass is 344 g/mol. The molecular weight excluding hydrogens is 320 g/mol. The second kappa shape index (κ2) is 7.31. The summed E-state index contributed by atoms with van der Waals surface area (Å²) in [6.07, 6.45) is 7.12. The Morgan fingerprint density at radius 3 is 2.83 bits per heavy atom. The molecule has 4 heterocycles. The molecule has 2 aromatic rings. The fourth-order valence-electron chi connectivity index (χ4n) is 3.69. The third kappa shape index (κ3) is 3.86. The summed E-state index contributed by atoms with van der Waals surface area (Å²) in [6.45, 7) is 4.70. The highest BCUT2D eigenvalue weighted by Gasteiger charge is 2.43. The van der Waals surface area contributed by atoms with E-state index in [0.29, 0.717) is 6.61 Å². The van der Waals surface area contributed by atoms with Crippen LogP contribution in [0.5, 0.6) is 0 Å². The Morgan fingerprint density at radius 2 is 2.08 bits per heavy atom. The van der Waals surface area contributed by atoms with Crippen molar-refractivity contribution in [3.8, 4) is 0 Å². The summed E-state index contributed by atoms with van der Waals surface area (Å²) in [6, 6.07) is 8.38. The molecule has 0 N–H and O–H groups in total. The van der Waals surface area contributed by atoms with Gasteiger partial charge < -0.3 is 9.47 Å². The fraction of sp³-hybridized carbons (Fsp3) is 0.526. The van der Waals surface area contributed by atoms with E-state index in [0.717, 1.165) is 45.5 Å². The van der Waals surface area contributed by atoms with Crippen LogP contribution in [-0.4, -0.2) is 41.3 Å². The van der Waals surface area contributed by atoms with Crippen molar-refractivity contribution in [3.05, 3.63) is 52.5 Å². The minimum atomic E-state index is 0.0505. The van der Waals surface area contributed by atoms with Gasteiger partial charge in [-0.3, -0.25) is 9.88 Å². The van der Waals surface area contributed by atoms with Gasteiger partial charge in [0.15, 0.2) is 0 Å². The molecule has 2 aliphatic rings. The quantitative estimate of drug-likeness (QED) is 0.832. The number of hydrogen-bond acceptors (Lipinski definition) is 5. The molecule has 128 valence electrons. The van der Waals surface area contributed by atoms with Gasteiger partial charge >= 0.3 is 0 Å². The molecule has 24 heavy (non-hydrogen) atoms. The second-order valence-electron chi connectivity index (χ2n) is 6.84. The van der Waals surface area contributed by atoms with Crippen molar-refractivity contribution in [2.45, 2.75) is 44.1 Å². The third-order valence-corrected chi connectivity index (χ3v) is 6.00. The van der Waals surface area contributed by atoms with E-state index in [1.807, 2.05) is 35.9 Å². The van der Waals surface area contributed by atoms with Gasteiger partial charge in [-0.15, -0.1) is 11.3 Å². The average molecular weight is 344 g/mol. The zero-order chi connectivity index (χ0) is 16.2. The topological polar surface area (TPSA) is 34.6 Å². The molecule has 0 unspecified atom stereocenters. The van der Waals surface area contributed by atoms with Crippen LogP contribution in [0.1, 0.15) is 29.7 Å². The highest BCUT2D eigenvalue weighted by molar-refractivity contribution is 7.09. The van der Waals surface area contributed by atoms with E-state index in [1.54, 1.807) is 0 Å². The SMILES string of the molecule is c1csc(CN2CCC3(CC2)C[C@H](OCc2ccncc2)CO3)c1. The van der Waals surface area contributed by atoms with Crippen LogP contribution in [0.15, 0.2) is 42.0 Å². The lowest BCUT2D eigenvalue weighted by Gasteiger charge is -2.38. The van der Waals surface area contributed by atoms with Gasteiger partial charge in [0.1, 0.15) is 0 Å². The van der Waals surface area contributed by atoms with Crippen LogP contribution in [0.25, 0.3) is 0 Å². The summed E-state index contributed by atoms with van der Waals surface area (Å²) in [5, 5.41) is 2.16. The molecule has 4 nitrogen and oxygen atoms in total. The van der Waals surface area contributed by atoms with E-state index in [4.69, 9.17) is 9.47 Å². The van der Waals surface area contributed by atoms with Crippen LogP contribution in [0, 0.1) is 0 Å². The van der Waals surface area contributed by atoms with E-state index < -0.39 is 0 Å². The summed E-state index contributed by atoms with van der Waals surface area (Å²) in [4.78, 5) is 8.05. The van der Waals surface area contributed by atoms with Crippen LogP contribution >= 0.6 is 11.3 Å². The molecule has 0 amide bonds. The summed E-state index contributed by atoms with van der Waals surface area (Å²) >= 11 is 1.85. The molecule has 0 saturated carbocycles. The first-order valence-electron chi connectivity index (χ1n) is 8.71. The van der Waals surface area contributed by atoms with Gasteiger partial charge in [0.2, 0.25) is 0 Å². The molecule has 2 aliphatic heterocycles. The Kier molecular flexibility index (Phi) is 4.94. The Morgan fingerprint density at radius 1 is 1.25 bits per heavy atom. The molecule has 1 spiro atoms. The molecule has 1 atom stereocenters. The van der Waals surface area contributed by atoms with Crippen molar-refractivity contribution in [3.63, 3.8) is 0 Å². The summed E-state index contributed by atoms with van der Waals surface area (Å²) in [7, 11) is 0. The van der Waals surface area contributed by atoms with Gasteiger partial charge in [-0.1, -0.05) is 6.07 Å². The van der Waals surface area contributed by atoms with Crippen molar-refractivity contribution in [1.82, 2.24) is 9.88 Å².